The molecule has 0 aromatic heterocycles. The van der Waals surface area contributed by atoms with Crippen LogP contribution >= 0.6 is 0 Å². The van der Waals surface area contributed by atoms with Crippen LogP contribution in [0.15, 0.2) is 66.5 Å². The van der Waals surface area contributed by atoms with E-state index in [4.69, 9.17) is 4.74 Å². The average molecular weight is 332 g/mol. The predicted molar refractivity (Wildman–Crippen MR) is 101 cm³/mol. The Balaban J connectivity index is 1.64. The Morgan fingerprint density at radius 3 is 2.68 bits per heavy atom. The second-order valence-corrected chi connectivity index (χ2v) is 7.26. The molecule has 0 radical (unpaired) electrons. The van der Waals surface area contributed by atoms with E-state index in [1.165, 1.54) is 11.1 Å². The molecule has 2 aliphatic rings. The highest BCUT2D eigenvalue weighted by Crippen LogP contribution is 2.51. The Bertz CT molecular complexity index is 833. The summed E-state index contributed by atoms with van der Waals surface area (Å²) in [5, 5.41) is 10.7. The van der Waals surface area contributed by atoms with Gasteiger partial charge in [-0.2, -0.15) is 0 Å². The van der Waals surface area contributed by atoms with Crippen LogP contribution in [0.25, 0.3) is 0 Å². The molecule has 1 N–H and O–H groups in total. The van der Waals surface area contributed by atoms with Gasteiger partial charge in [-0.3, -0.25) is 0 Å². The number of phenolic OH excluding ortho intramolecular Hbond substituents is 1. The summed E-state index contributed by atoms with van der Waals surface area (Å²) in [5.41, 5.74) is 4.72. The van der Waals surface area contributed by atoms with Gasteiger partial charge >= 0.3 is 0 Å². The van der Waals surface area contributed by atoms with Crippen LogP contribution < -0.4 is 4.74 Å². The number of ether oxygens (including phenoxy) is 1. The number of hydrogen-bond acceptors (Lipinski definition) is 2. The number of rotatable bonds is 3. The summed E-state index contributed by atoms with van der Waals surface area (Å²) >= 11 is 0. The Kier molecular flexibility index (Phi) is 4.12. The summed E-state index contributed by atoms with van der Waals surface area (Å²) in [4.78, 5) is 0. The van der Waals surface area contributed by atoms with Gasteiger partial charge in [-0.25, -0.2) is 0 Å². The molecule has 2 heteroatoms. The summed E-state index contributed by atoms with van der Waals surface area (Å²) in [5.74, 6) is 2.43. The van der Waals surface area contributed by atoms with Gasteiger partial charge in [-0.15, -0.1) is 0 Å². The Hall–Kier alpha value is -2.48. The molecule has 2 nitrogen and oxygen atoms in total. The molecule has 0 amide bonds. The fourth-order valence-corrected chi connectivity index (χ4v) is 4.10. The van der Waals surface area contributed by atoms with Gasteiger partial charge in [0.25, 0.3) is 0 Å². The maximum atomic E-state index is 10.7. The summed E-state index contributed by atoms with van der Waals surface area (Å²) in [6.07, 6.45) is 6.23. The number of fused-ring (bicyclic) bond motifs is 3. The Morgan fingerprint density at radius 1 is 1.12 bits per heavy atom. The highest BCUT2D eigenvalue weighted by Gasteiger charge is 2.36. The number of aryl methyl sites for hydroxylation is 2. The van der Waals surface area contributed by atoms with E-state index in [1.54, 1.807) is 0 Å². The maximum Gasteiger partial charge on any atom is 0.134 e. The highest BCUT2D eigenvalue weighted by molar-refractivity contribution is 5.55. The lowest BCUT2D eigenvalue weighted by Gasteiger charge is -2.37. The van der Waals surface area contributed by atoms with Crippen molar-refractivity contribution in [3.05, 3.63) is 83.1 Å². The summed E-state index contributed by atoms with van der Waals surface area (Å²) in [7, 11) is 0. The third-order valence-electron chi connectivity index (χ3n) is 5.46. The summed E-state index contributed by atoms with van der Waals surface area (Å²) in [6.45, 7) is 6.31. The minimum atomic E-state index is 0.188. The molecular formula is C23H24O2. The SMILES string of the molecule is C=C1Oc2cc(CCc3ccccc3)cc(O)c2[C@@H]2C=C(C)CC[C@@H]12. The quantitative estimate of drug-likeness (QED) is 0.750. The first kappa shape index (κ1) is 16.0. The molecule has 0 unspecified atom stereocenters. The van der Waals surface area contributed by atoms with Gasteiger partial charge in [0.1, 0.15) is 17.3 Å². The molecule has 1 aliphatic heterocycles. The van der Waals surface area contributed by atoms with Crippen molar-refractivity contribution in [3.8, 4) is 11.5 Å². The van der Waals surface area contributed by atoms with Crippen LogP contribution in [0, 0.1) is 5.92 Å². The average Bonchev–Trinajstić information content (AvgIpc) is 2.60. The number of benzene rings is 2. The number of aromatic hydroxyl groups is 1. The van der Waals surface area contributed by atoms with Crippen molar-refractivity contribution in [1.29, 1.82) is 0 Å². The van der Waals surface area contributed by atoms with Crippen molar-refractivity contribution in [2.75, 3.05) is 0 Å². The van der Waals surface area contributed by atoms with E-state index in [0.29, 0.717) is 5.75 Å². The minimum absolute atomic E-state index is 0.188. The first-order chi connectivity index (χ1) is 12.1. The third kappa shape index (κ3) is 3.09. The van der Waals surface area contributed by atoms with Crippen molar-refractivity contribution < 1.29 is 9.84 Å². The van der Waals surface area contributed by atoms with E-state index in [-0.39, 0.29) is 11.8 Å². The van der Waals surface area contributed by atoms with Crippen molar-refractivity contribution in [2.45, 2.75) is 38.5 Å². The molecule has 1 heterocycles. The molecule has 0 bridgehead atoms. The molecule has 0 spiro atoms. The number of hydrogen-bond donors (Lipinski definition) is 1. The number of allylic oxidation sites excluding steroid dienone is 3. The van der Waals surface area contributed by atoms with Gasteiger partial charge in [-0.05, 0) is 55.9 Å². The molecule has 2 atom stereocenters. The van der Waals surface area contributed by atoms with Gasteiger partial charge in [0.15, 0.2) is 0 Å². The fourth-order valence-electron chi connectivity index (χ4n) is 4.10. The first-order valence-corrected chi connectivity index (χ1v) is 9.05. The molecule has 128 valence electrons. The van der Waals surface area contributed by atoms with Crippen LogP contribution in [0.3, 0.4) is 0 Å². The van der Waals surface area contributed by atoms with Crippen LogP contribution in [0.5, 0.6) is 11.5 Å². The second-order valence-electron chi connectivity index (χ2n) is 7.26. The van der Waals surface area contributed by atoms with E-state index in [9.17, 15) is 5.11 Å². The van der Waals surface area contributed by atoms with Crippen LogP contribution in [-0.2, 0) is 12.8 Å². The molecule has 0 saturated carbocycles. The minimum Gasteiger partial charge on any atom is -0.507 e. The largest absolute Gasteiger partial charge is 0.507 e. The van der Waals surface area contributed by atoms with E-state index in [0.717, 1.165) is 48.3 Å². The zero-order chi connectivity index (χ0) is 17.4. The normalized spacial score (nSPS) is 21.8. The smallest absolute Gasteiger partial charge is 0.134 e. The van der Waals surface area contributed by atoms with E-state index in [1.807, 2.05) is 12.1 Å². The van der Waals surface area contributed by atoms with Crippen LogP contribution in [-0.4, -0.2) is 5.11 Å². The maximum absolute atomic E-state index is 10.7. The van der Waals surface area contributed by atoms with Crippen molar-refractivity contribution in [1.82, 2.24) is 0 Å². The Labute approximate surface area is 149 Å². The van der Waals surface area contributed by atoms with Crippen molar-refractivity contribution in [2.24, 2.45) is 5.92 Å². The summed E-state index contributed by atoms with van der Waals surface area (Å²) < 4.78 is 6.03. The monoisotopic (exact) mass is 332 g/mol. The lowest BCUT2D eigenvalue weighted by molar-refractivity contribution is 0.275. The first-order valence-electron chi connectivity index (χ1n) is 9.05. The fraction of sp³-hybridized carbons (Fsp3) is 0.304. The van der Waals surface area contributed by atoms with Gasteiger partial charge in [-0.1, -0.05) is 48.6 Å². The lowest BCUT2D eigenvalue weighted by Crippen LogP contribution is -2.25. The van der Waals surface area contributed by atoms with Gasteiger partial charge in [0, 0.05) is 17.4 Å². The van der Waals surface area contributed by atoms with Crippen LogP contribution in [0.1, 0.15) is 42.4 Å². The van der Waals surface area contributed by atoms with Crippen molar-refractivity contribution >= 4 is 0 Å². The number of phenols is 1. The molecule has 1 aliphatic carbocycles. The molecule has 2 aromatic rings. The van der Waals surface area contributed by atoms with E-state index in [2.05, 4.69) is 49.9 Å². The van der Waals surface area contributed by atoms with Crippen LogP contribution in [0.4, 0.5) is 0 Å². The molecular weight excluding hydrogens is 308 g/mol. The Morgan fingerprint density at radius 2 is 1.88 bits per heavy atom. The van der Waals surface area contributed by atoms with E-state index >= 15 is 0 Å². The molecule has 2 aromatic carbocycles. The molecule has 0 saturated heterocycles. The second kappa shape index (κ2) is 6.44. The van der Waals surface area contributed by atoms with E-state index < -0.39 is 0 Å². The zero-order valence-corrected chi connectivity index (χ0v) is 14.7. The zero-order valence-electron chi connectivity index (χ0n) is 14.7. The summed E-state index contributed by atoms with van der Waals surface area (Å²) in [6, 6.07) is 14.4. The van der Waals surface area contributed by atoms with Gasteiger partial charge < -0.3 is 9.84 Å². The lowest BCUT2D eigenvalue weighted by atomic mass is 9.74. The van der Waals surface area contributed by atoms with Crippen LogP contribution in [0.2, 0.25) is 0 Å². The molecule has 25 heavy (non-hydrogen) atoms. The standard InChI is InChI=1S/C23H24O2/c1-15-8-11-19-16(2)25-22-14-18(10-9-17-6-4-3-5-7-17)13-21(24)23(22)20(19)12-15/h3-7,12-14,19-20,24H,2,8-11H2,1H3/t19-,20+/m0/s1. The molecule has 4 rings (SSSR count). The molecule has 0 fully saturated rings. The van der Waals surface area contributed by atoms with Crippen molar-refractivity contribution in [3.63, 3.8) is 0 Å². The van der Waals surface area contributed by atoms with Gasteiger partial charge in [0.05, 0.1) is 0 Å². The van der Waals surface area contributed by atoms with Gasteiger partial charge in [0.2, 0.25) is 0 Å². The highest BCUT2D eigenvalue weighted by atomic mass is 16.5. The third-order valence-corrected chi connectivity index (χ3v) is 5.46. The topological polar surface area (TPSA) is 29.5 Å². The predicted octanol–water partition coefficient (Wildman–Crippen LogP) is 5.52.